The van der Waals surface area contributed by atoms with Crippen molar-refractivity contribution >= 4 is 5.97 Å². The van der Waals surface area contributed by atoms with Crippen molar-refractivity contribution in [3.63, 3.8) is 0 Å². The monoisotopic (exact) mass is 283 g/mol. The molecule has 0 N–H and O–H groups in total. The molecule has 1 aromatic carbocycles. The molecule has 1 aliphatic heterocycles. The standard InChI is InChI=1S/C15H19NO2.K/c17-15(18)12-5-6-13-10-16(8-7-11(13)9-12)14-3-1-2-4-14;/h5-6,9,14H,1-4,7-8,10H2,(H,17,18);/q;+1/p-1. The van der Waals surface area contributed by atoms with Crippen LogP contribution in [0.15, 0.2) is 18.2 Å². The third-order valence-corrected chi connectivity index (χ3v) is 4.32. The fourth-order valence-corrected chi connectivity index (χ4v) is 3.28. The van der Waals surface area contributed by atoms with Crippen molar-refractivity contribution in [1.29, 1.82) is 0 Å². The molecule has 19 heavy (non-hydrogen) atoms. The largest absolute Gasteiger partial charge is 1.00 e. The van der Waals surface area contributed by atoms with Crippen LogP contribution < -0.4 is 56.5 Å². The minimum absolute atomic E-state index is 0. The molecule has 4 heteroatoms. The molecule has 0 atom stereocenters. The normalized spacial score (nSPS) is 19.8. The number of nitrogens with zero attached hydrogens (tertiary/aromatic N) is 1. The number of hydrogen-bond donors (Lipinski definition) is 0. The van der Waals surface area contributed by atoms with E-state index in [-0.39, 0.29) is 51.4 Å². The average Bonchev–Trinajstić information content (AvgIpc) is 2.91. The van der Waals surface area contributed by atoms with Gasteiger partial charge >= 0.3 is 51.4 Å². The van der Waals surface area contributed by atoms with E-state index in [0.717, 1.165) is 25.6 Å². The quantitative estimate of drug-likeness (QED) is 0.611. The molecule has 96 valence electrons. The molecule has 3 rings (SSSR count). The van der Waals surface area contributed by atoms with Gasteiger partial charge in [-0.1, -0.05) is 25.0 Å². The van der Waals surface area contributed by atoms with E-state index in [0.29, 0.717) is 5.56 Å². The van der Waals surface area contributed by atoms with E-state index in [9.17, 15) is 9.90 Å². The van der Waals surface area contributed by atoms with Crippen LogP contribution in [0.4, 0.5) is 0 Å². The van der Waals surface area contributed by atoms with Crippen LogP contribution in [0.2, 0.25) is 0 Å². The molecule has 1 aliphatic carbocycles. The van der Waals surface area contributed by atoms with E-state index < -0.39 is 5.97 Å². The number of hydrogen-bond acceptors (Lipinski definition) is 3. The molecule has 2 aliphatic rings. The van der Waals surface area contributed by atoms with E-state index >= 15 is 0 Å². The Morgan fingerprint density at radius 1 is 1.21 bits per heavy atom. The van der Waals surface area contributed by atoms with Gasteiger partial charge in [-0.3, -0.25) is 4.90 Å². The zero-order valence-electron chi connectivity index (χ0n) is 11.5. The van der Waals surface area contributed by atoms with Crippen molar-refractivity contribution in [1.82, 2.24) is 4.90 Å². The Morgan fingerprint density at radius 2 is 1.95 bits per heavy atom. The van der Waals surface area contributed by atoms with Gasteiger partial charge < -0.3 is 9.90 Å². The van der Waals surface area contributed by atoms with Crippen LogP contribution in [-0.4, -0.2) is 23.5 Å². The van der Waals surface area contributed by atoms with E-state index in [2.05, 4.69) is 4.90 Å². The summed E-state index contributed by atoms with van der Waals surface area (Å²) in [6, 6.07) is 6.17. The molecule has 1 aromatic rings. The van der Waals surface area contributed by atoms with E-state index in [1.807, 2.05) is 6.07 Å². The van der Waals surface area contributed by atoms with Crippen molar-refractivity contribution < 1.29 is 61.3 Å². The van der Waals surface area contributed by atoms with E-state index in [4.69, 9.17) is 0 Å². The van der Waals surface area contributed by atoms with Crippen LogP contribution in [0.1, 0.15) is 47.2 Å². The Bertz CT molecular complexity index is 469. The molecule has 1 fully saturated rings. The molecular weight excluding hydrogens is 265 g/mol. The average molecular weight is 283 g/mol. The van der Waals surface area contributed by atoms with Gasteiger partial charge in [-0.25, -0.2) is 0 Å². The first-order valence-electron chi connectivity index (χ1n) is 6.81. The first kappa shape index (κ1) is 15.7. The zero-order valence-corrected chi connectivity index (χ0v) is 14.6. The van der Waals surface area contributed by atoms with Crippen LogP contribution in [0.25, 0.3) is 0 Å². The van der Waals surface area contributed by atoms with Crippen LogP contribution in [0, 0.1) is 0 Å². The SMILES string of the molecule is O=C([O-])c1ccc2c(c1)CCN(C1CCCC1)C2.[K+]. The molecule has 1 saturated carbocycles. The summed E-state index contributed by atoms with van der Waals surface area (Å²) < 4.78 is 0. The third kappa shape index (κ3) is 3.49. The number of fused-ring (bicyclic) bond motifs is 1. The third-order valence-electron chi connectivity index (χ3n) is 4.32. The van der Waals surface area contributed by atoms with Gasteiger partial charge in [0.1, 0.15) is 0 Å². The van der Waals surface area contributed by atoms with Gasteiger partial charge in [0, 0.05) is 19.1 Å². The summed E-state index contributed by atoms with van der Waals surface area (Å²) >= 11 is 0. The molecule has 0 unspecified atom stereocenters. The summed E-state index contributed by atoms with van der Waals surface area (Å²) in [5, 5.41) is 10.8. The number of carboxylic acid groups (broad SMARTS) is 1. The van der Waals surface area contributed by atoms with Gasteiger partial charge in [-0.05, 0) is 42.0 Å². The Labute approximate surface area is 156 Å². The second-order valence-corrected chi connectivity index (χ2v) is 5.43. The Hall–Kier alpha value is 0.286. The van der Waals surface area contributed by atoms with Crippen molar-refractivity contribution in [2.24, 2.45) is 0 Å². The van der Waals surface area contributed by atoms with Crippen LogP contribution in [-0.2, 0) is 13.0 Å². The van der Waals surface area contributed by atoms with Crippen molar-refractivity contribution in [3.05, 3.63) is 34.9 Å². The fourth-order valence-electron chi connectivity index (χ4n) is 3.28. The van der Waals surface area contributed by atoms with E-state index in [1.54, 1.807) is 12.1 Å². The number of carbonyl (C=O) groups excluding carboxylic acids is 1. The van der Waals surface area contributed by atoms with Crippen LogP contribution in [0.5, 0.6) is 0 Å². The summed E-state index contributed by atoms with van der Waals surface area (Å²) in [4.78, 5) is 13.4. The predicted octanol–water partition coefficient (Wildman–Crippen LogP) is -1.65. The Balaban J connectivity index is 0.00000133. The van der Waals surface area contributed by atoms with Crippen molar-refractivity contribution in [2.75, 3.05) is 6.54 Å². The number of rotatable bonds is 2. The smallest absolute Gasteiger partial charge is 0.545 e. The number of carbonyl (C=O) groups is 1. The molecule has 0 amide bonds. The van der Waals surface area contributed by atoms with Gasteiger partial charge in [0.15, 0.2) is 0 Å². The predicted molar refractivity (Wildman–Crippen MR) is 67.1 cm³/mol. The molecular formula is C15H18KNO2. The molecule has 1 heterocycles. The van der Waals surface area contributed by atoms with Gasteiger partial charge in [0.2, 0.25) is 0 Å². The number of benzene rings is 1. The van der Waals surface area contributed by atoms with Crippen LogP contribution >= 0.6 is 0 Å². The second kappa shape index (κ2) is 6.83. The van der Waals surface area contributed by atoms with Gasteiger partial charge in [0.05, 0.1) is 5.97 Å². The van der Waals surface area contributed by atoms with E-state index in [1.165, 1.54) is 36.8 Å². The van der Waals surface area contributed by atoms with Crippen molar-refractivity contribution in [2.45, 2.75) is 44.7 Å². The fraction of sp³-hybridized carbons (Fsp3) is 0.533. The maximum Gasteiger partial charge on any atom is 1.00 e. The molecule has 0 radical (unpaired) electrons. The Kier molecular flexibility index (Phi) is 5.63. The summed E-state index contributed by atoms with van der Waals surface area (Å²) in [6.45, 7) is 2.04. The summed E-state index contributed by atoms with van der Waals surface area (Å²) in [7, 11) is 0. The molecule has 0 aromatic heterocycles. The minimum Gasteiger partial charge on any atom is -0.545 e. The summed E-state index contributed by atoms with van der Waals surface area (Å²) in [6.07, 6.45) is 6.33. The maximum absolute atomic E-state index is 10.8. The molecule has 0 saturated heterocycles. The number of aromatic carboxylic acids is 1. The first-order chi connectivity index (χ1) is 8.74. The zero-order chi connectivity index (χ0) is 12.5. The van der Waals surface area contributed by atoms with Gasteiger partial charge in [-0.15, -0.1) is 0 Å². The first-order valence-corrected chi connectivity index (χ1v) is 6.81. The minimum atomic E-state index is -1.07. The summed E-state index contributed by atoms with van der Waals surface area (Å²) in [5.74, 6) is -1.07. The molecule has 0 spiro atoms. The molecule has 3 nitrogen and oxygen atoms in total. The van der Waals surface area contributed by atoms with Gasteiger partial charge in [0.25, 0.3) is 0 Å². The maximum atomic E-state index is 10.8. The van der Waals surface area contributed by atoms with Crippen molar-refractivity contribution in [3.8, 4) is 0 Å². The van der Waals surface area contributed by atoms with Gasteiger partial charge in [-0.2, -0.15) is 0 Å². The Morgan fingerprint density at radius 3 is 2.63 bits per heavy atom. The second-order valence-electron chi connectivity index (χ2n) is 5.43. The molecule has 0 bridgehead atoms. The summed E-state index contributed by atoms with van der Waals surface area (Å²) in [5.41, 5.74) is 2.78. The topological polar surface area (TPSA) is 43.4 Å². The van der Waals surface area contributed by atoms with Crippen LogP contribution in [0.3, 0.4) is 0 Å². The number of carboxylic acids is 1.